The molecule has 2 rings (SSSR count). The molecule has 5 heteroatoms. The third-order valence-electron chi connectivity index (χ3n) is 2.15. The van der Waals surface area contributed by atoms with Gasteiger partial charge >= 0.3 is 5.97 Å². The first-order chi connectivity index (χ1) is 6.59. The predicted molar refractivity (Wildman–Crippen MR) is 45.8 cm³/mol. The van der Waals surface area contributed by atoms with E-state index >= 15 is 0 Å². The van der Waals surface area contributed by atoms with Crippen LogP contribution in [0.4, 0.5) is 4.39 Å². The fourth-order valence-electron chi connectivity index (χ4n) is 1.42. The molecular formula is C9H8FNO3. The second-order valence-electron chi connectivity index (χ2n) is 3.09. The summed E-state index contributed by atoms with van der Waals surface area (Å²) in [5.41, 5.74) is 5.80. The molecule has 0 spiro atoms. The number of carboxylic acid groups (broad SMARTS) is 1. The lowest BCUT2D eigenvalue weighted by Gasteiger charge is -2.03. The summed E-state index contributed by atoms with van der Waals surface area (Å²) in [4.78, 5) is 10.6. The molecule has 74 valence electrons. The summed E-state index contributed by atoms with van der Waals surface area (Å²) >= 11 is 0. The largest absolute Gasteiger partial charge is 0.491 e. The van der Waals surface area contributed by atoms with Gasteiger partial charge < -0.3 is 15.6 Å². The van der Waals surface area contributed by atoms with Crippen molar-refractivity contribution in [2.45, 2.75) is 6.04 Å². The Kier molecular flexibility index (Phi) is 1.89. The number of carboxylic acids is 1. The van der Waals surface area contributed by atoms with E-state index in [0.29, 0.717) is 11.3 Å². The molecule has 0 fully saturated rings. The van der Waals surface area contributed by atoms with Crippen LogP contribution in [-0.4, -0.2) is 17.7 Å². The van der Waals surface area contributed by atoms with Crippen molar-refractivity contribution in [2.24, 2.45) is 5.73 Å². The van der Waals surface area contributed by atoms with Crippen LogP contribution >= 0.6 is 0 Å². The minimum atomic E-state index is -1.30. The van der Waals surface area contributed by atoms with Gasteiger partial charge in [0.15, 0.2) is 0 Å². The van der Waals surface area contributed by atoms with Crippen molar-refractivity contribution in [1.29, 1.82) is 0 Å². The van der Waals surface area contributed by atoms with Crippen molar-refractivity contribution in [2.75, 3.05) is 6.61 Å². The van der Waals surface area contributed by atoms with Gasteiger partial charge in [-0.3, -0.25) is 0 Å². The van der Waals surface area contributed by atoms with Gasteiger partial charge in [-0.2, -0.15) is 0 Å². The van der Waals surface area contributed by atoms with Crippen molar-refractivity contribution < 1.29 is 19.0 Å². The summed E-state index contributed by atoms with van der Waals surface area (Å²) in [5, 5.41) is 8.66. The van der Waals surface area contributed by atoms with E-state index in [-0.39, 0.29) is 18.2 Å². The van der Waals surface area contributed by atoms with Gasteiger partial charge in [0.1, 0.15) is 18.2 Å². The average Bonchev–Trinajstić information content (AvgIpc) is 2.46. The van der Waals surface area contributed by atoms with Crippen molar-refractivity contribution in [1.82, 2.24) is 0 Å². The van der Waals surface area contributed by atoms with Crippen LogP contribution in [0.1, 0.15) is 22.0 Å². The van der Waals surface area contributed by atoms with Crippen molar-refractivity contribution >= 4 is 5.97 Å². The maximum absolute atomic E-state index is 13.1. The minimum Gasteiger partial charge on any atom is -0.491 e. The van der Waals surface area contributed by atoms with Gasteiger partial charge in [0.05, 0.1) is 11.6 Å². The lowest BCUT2D eigenvalue weighted by atomic mass is 10.1. The Morgan fingerprint density at radius 3 is 3.00 bits per heavy atom. The molecule has 14 heavy (non-hydrogen) atoms. The molecular weight excluding hydrogens is 189 g/mol. The van der Waals surface area contributed by atoms with E-state index in [2.05, 4.69) is 0 Å². The predicted octanol–water partition coefficient (Wildman–Crippen LogP) is 0.916. The Hall–Kier alpha value is -1.62. The molecule has 0 saturated heterocycles. The number of nitrogens with two attached hydrogens (primary N) is 1. The highest BCUT2D eigenvalue weighted by atomic mass is 19.1. The molecule has 1 unspecified atom stereocenters. The fraction of sp³-hybridized carbons (Fsp3) is 0.222. The second-order valence-corrected chi connectivity index (χ2v) is 3.09. The molecule has 3 N–H and O–H groups in total. The molecule has 1 atom stereocenters. The summed E-state index contributed by atoms with van der Waals surface area (Å²) in [6, 6.07) is 1.92. The molecule has 0 aromatic heterocycles. The van der Waals surface area contributed by atoms with Crippen LogP contribution in [0.2, 0.25) is 0 Å². The van der Waals surface area contributed by atoms with Gasteiger partial charge in [0.2, 0.25) is 0 Å². The molecule has 1 heterocycles. The monoisotopic (exact) mass is 197 g/mol. The van der Waals surface area contributed by atoms with Gasteiger partial charge in [-0.25, -0.2) is 9.18 Å². The highest BCUT2D eigenvalue weighted by molar-refractivity contribution is 5.88. The number of rotatable bonds is 1. The van der Waals surface area contributed by atoms with E-state index in [1.165, 1.54) is 6.07 Å². The summed E-state index contributed by atoms with van der Waals surface area (Å²) in [6.45, 7) is 0.262. The smallest absolute Gasteiger partial charge is 0.338 e. The molecule has 0 bridgehead atoms. The van der Waals surface area contributed by atoms with Crippen molar-refractivity contribution in [3.05, 3.63) is 29.1 Å². The third kappa shape index (κ3) is 1.22. The first-order valence-electron chi connectivity index (χ1n) is 4.04. The Morgan fingerprint density at radius 2 is 2.36 bits per heavy atom. The summed E-state index contributed by atoms with van der Waals surface area (Å²) in [5.74, 6) is -1.77. The highest BCUT2D eigenvalue weighted by Gasteiger charge is 2.24. The summed E-state index contributed by atoms with van der Waals surface area (Å²) in [7, 11) is 0. The van der Waals surface area contributed by atoms with Crippen LogP contribution in [0.5, 0.6) is 5.75 Å². The molecule has 0 saturated carbocycles. The number of carbonyl (C=O) groups is 1. The molecule has 0 radical (unpaired) electrons. The Morgan fingerprint density at radius 1 is 1.64 bits per heavy atom. The van der Waals surface area contributed by atoms with Gasteiger partial charge in [-0.05, 0) is 6.07 Å². The van der Waals surface area contributed by atoms with Crippen LogP contribution in [0.25, 0.3) is 0 Å². The number of ether oxygens (including phenoxy) is 1. The van der Waals surface area contributed by atoms with Gasteiger partial charge in [-0.15, -0.1) is 0 Å². The second kappa shape index (κ2) is 2.95. The molecule has 0 aliphatic carbocycles. The van der Waals surface area contributed by atoms with Crippen LogP contribution in [0, 0.1) is 5.82 Å². The molecule has 1 aromatic rings. The lowest BCUT2D eigenvalue weighted by molar-refractivity contribution is 0.0692. The molecule has 0 amide bonds. The highest BCUT2D eigenvalue weighted by Crippen LogP contribution is 2.32. The average molecular weight is 197 g/mol. The zero-order valence-electron chi connectivity index (χ0n) is 7.16. The van der Waals surface area contributed by atoms with Gasteiger partial charge in [0, 0.05) is 11.6 Å². The van der Waals surface area contributed by atoms with E-state index < -0.39 is 11.8 Å². The fourth-order valence-corrected chi connectivity index (χ4v) is 1.42. The maximum Gasteiger partial charge on any atom is 0.338 e. The first kappa shape index (κ1) is 8.96. The normalized spacial score (nSPS) is 18.9. The van der Waals surface area contributed by atoms with Gasteiger partial charge in [0.25, 0.3) is 0 Å². The van der Waals surface area contributed by atoms with Crippen molar-refractivity contribution in [3.8, 4) is 5.75 Å². The molecule has 1 aromatic carbocycles. The van der Waals surface area contributed by atoms with Crippen molar-refractivity contribution in [3.63, 3.8) is 0 Å². The number of fused-ring (bicyclic) bond motifs is 1. The number of halogens is 1. The zero-order chi connectivity index (χ0) is 10.3. The van der Waals surface area contributed by atoms with E-state index in [0.717, 1.165) is 6.07 Å². The lowest BCUT2D eigenvalue weighted by Crippen LogP contribution is -2.11. The summed E-state index contributed by atoms with van der Waals surface area (Å²) < 4.78 is 18.2. The van der Waals surface area contributed by atoms with E-state index in [1.807, 2.05) is 0 Å². The van der Waals surface area contributed by atoms with Gasteiger partial charge in [-0.1, -0.05) is 0 Å². The number of benzene rings is 1. The van der Waals surface area contributed by atoms with E-state index in [4.69, 9.17) is 15.6 Å². The van der Waals surface area contributed by atoms with Crippen LogP contribution in [-0.2, 0) is 0 Å². The topological polar surface area (TPSA) is 72.5 Å². The molecule has 4 nitrogen and oxygen atoms in total. The molecule has 1 aliphatic rings. The standard InChI is InChI=1S/C9H8FNO3/c10-6-2-8-5(7(11)3-14-8)1-4(6)9(12)13/h1-2,7H,3,11H2,(H,12,13). The zero-order valence-corrected chi connectivity index (χ0v) is 7.16. The Labute approximate surface area is 79.1 Å². The summed E-state index contributed by atoms with van der Waals surface area (Å²) in [6.07, 6.45) is 0. The SMILES string of the molecule is NC1COc2cc(F)c(C(=O)O)cc21. The van der Waals surface area contributed by atoms with E-state index in [1.54, 1.807) is 0 Å². The first-order valence-corrected chi connectivity index (χ1v) is 4.04. The van der Waals surface area contributed by atoms with Crippen LogP contribution in [0.15, 0.2) is 12.1 Å². The minimum absolute atomic E-state index is 0.262. The number of hydrogen-bond acceptors (Lipinski definition) is 3. The number of hydrogen-bond donors (Lipinski definition) is 2. The van der Waals surface area contributed by atoms with Crippen LogP contribution < -0.4 is 10.5 Å². The van der Waals surface area contributed by atoms with E-state index in [9.17, 15) is 9.18 Å². The Balaban J connectivity index is 2.57. The third-order valence-corrected chi connectivity index (χ3v) is 2.15. The number of aromatic carboxylic acids is 1. The quantitative estimate of drug-likeness (QED) is 0.702. The Bertz CT molecular complexity index is 405. The molecule has 1 aliphatic heterocycles. The van der Waals surface area contributed by atoms with Crippen LogP contribution in [0.3, 0.4) is 0 Å². The maximum atomic E-state index is 13.1.